The number of rotatable bonds is 13. The van der Waals surface area contributed by atoms with E-state index in [1.165, 1.54) is 17.1 Å². The molecule has 0 aliphatic carbocycles. The van der Waals surface area contributed by atoms with Gasteiger partial charge in [-0.2, -0.15) is 4.98 Å². The van der Waals surface area contributed by atoms with Crippen LogP contribution in [0.3, 0.4) is 0 Å². The minimum Gasteiger partial charge on any atom is -0.466 e. The standard InChI is InChI=1S/C20H22ClFN8O8P2S2/c21-9-3-10-16(24-4-9)29(1-2-34-8-31)12(26-10)6-36-40(33,42)38-15-13(22)11(5-35-39-41)37-19(15)30-7-25-14-17(30)27-20(23)28-18(14)32/h3-4,7-8,11,13,15,19,39,41H,1-2,5-6H2,(H,33,42)(H3,23,27,28,32)/t11-,13+,15-,19-,40?/m1/s1. The summed E-state index contributed by atoms with van der Waals surface area (Å²) in [6, 6.07) is 1.56. The number of fused-ring (bicyclic) bond motifs is 2. The van der Waals surface area contributed by atoms with Gasteiger partial charge >= 0.3 is 6.80 Å². The third kappa shape index (κ3) is 6.59. The maximum atomic E-state index is 15.7. The third-order valence-electron chi connectivity index (χ3n) is 6.04. The number of anilines is 1. The van der Waals surface area contributed by atoms with Crippen LogP contribution in [0.15, 0.2) is 23.4 Å². The van der Waals surface area contributed by atoms with Crippen molar-refractivity contribution < 1.29 is 36.8 Å². The second-order valence-corrected chi connectivity index (χ2v) is 13.0. The molecule has 4 aromatic rings. The van der Waals surface area contributed by atoms with Gasteiger partial charge in [-0.25, -0.2) is 23.9 Å². The number of nitrogen functional groups attached to an aromatic ring is 1. The molecule has 4 aromatic heterocycles. The monoisotopic (exact) mass is 682 g/mol. The Morgan fingerprint density at radius 3 is 2.90 bits per heavy atom. The zero-order valence-corrected chi connectivity index (χ0v) is 25.5. The molecule has 226 valence electrons. The summed E-state index contributed by atoms with van der Waals surface area (Å²) in [5.41, 5.74) is 5.75. The molecule has 5 rings (SSSR count). The first kappa shape index (κ1) is 31.1. The summed E-state index contributed by atoms with van der Waals surface area (Å²) >= 11 is 14.1. The van der Waals surface area contributed by atoms with Crippen LogP contribution in [-0.2, 0) is 45.6 Å². The number of hydrogen-bond acceptors (Lipinski definition) is 14. The second kappa shape index (κ2) is 13.1. The Hall–Kier alpha value is -2.34. The van der Waals surface area contributed by atoms with Crippen LogP contribution in [0.4, 0.5) is 10.3 Å². The van der Waals surface area contributed by atoms with E-state index in [-0.39, 0.29) is 50.7 Å². The Morgan fingerprint density at radius 1 is 1.33 bits per heavy atom. The van der Waals surface area contributed by atoms with Crippen LogP contribution < -0.4 is 11.3 Å². The summed E-state index contributed by atoms with van der Waals surface area (Å²) in [5, 5.41) is 0.329. The van der Waals surface area contributed by atoms with Crippen molar-refractivity contribution in [2.45, 2.75) is 37.8 Å². The van der Waals surface area contributed by atoms with Gasteiger partial charge in [-0.15, -0.1) is 12.2 Å². The van der Waals surface area contributed by atoms with Crippen molar-refractivity contribution >= 4 is 85.7 Å². The molecule has 1 fully saturated rings. The quantitative estimate of drug-likeness (QED) is 0.0695. The lowest BCUT2D eigenvalue weighted by Gasteiger charge is -2.24. The van der Waals surface area contributed by atoms with Gasteiger partial charge in [0.05, 0.1) is 32.5 Å². The van der Waals surface area contributed by atoms with E-state index < -0.39 is 43.6 Å². The van der Waals surface area contributed by atoms with E-state index in [0.717, 1.165) is 0 Å². The minimum absolute atomic E-state index is 0.0114. The van der Waals surface area contributed by atoms with Crippen molar-refractivity contribution in [1.82, 2.24) is 34.1 Å². The Balaban J connectivity index is 1.40. The van der Waals surface area contributed by atoms with Crippen LogP contribution in [0.1, 0.15) is 12.1 Å². The molecule has 0 aromatic carbocycles. The molecule has 0 spiro atoms. The van der Waals surface area contributed by atoms with Crippen molar-refractivity contribution in [1.29, 1.82) is 0 Å². The first-order chi connectivity index (χ1) is 20.1. The van der Waals surface area contributed by atoms with Crippen molar-refractivity contribution in [3.63, 3.8) is 0 Å². The summed E-state index contributed by atoms with van der Waals surface area (Å²) < 4.78 is 58.9. The van der Waals surface area contributed by atoms with Crippen LogP contribution in [0.25, 0.3) is 22.3 Å². The Labute approximate surface area is 252 Å². The molecule has 0 radical (unpaired) electrons. The van der Waals surface area contributed by atoms with Crippen molar-refractivity contribution in [3.8, 4) is 0 Å². The van der Waals surface area contributed by atoms with Gasteiger partial charge in [-0.3, -0.25) is 28.2 Å². The highest BCUT2D eigenvalue weighted by molar-refractivity contribution is 8.44. The lowest BCUT2D eigenvalue weighted by atomic mass is 10.1. The van der Waals surface area contributed by atoms with Crippen LogP contribution >= 0.6 is 50.9 Å². The first-order valence-corrected chi connectivity index (χ1v) is 17.1. The zero-order chi connectivity index (χ0) is 30.0. The molecular weight excluding hydrogens is 661 g/mol. The number of pyridine rings is 1. The zero-order valence-electron chi connectivity index (χ0n) is 21.1. The fourth-order valence-electron chi connectivity index (χ4n) is 4.31. The highest BCUT2D eigenvalue weighted by atomic mass is 35.5. The number of aromatic nitrogens is 7. The van der Waals surface area contributed by atoms with E-state index in [1.54, 1.807) is 10.6 Å². The number of ether oxygens (including phenoxy) is 2. The number of nitrogens with zero attached hydrogens (tertiary/aromatic N) is 6. The fourth-order valence-corrected chi connectivity index (χ4v) is 6.29. The molecule has 0 bridgehead atoms. The topological polar surface area (TPSA) is 201 Å². The number of hydrogen-bond donors (Lipinski definition) is 4. The summed E-state index contributed by atoms with van der Waals surface area (Å²) in [6.07, 6.45) is -3.37. The lowest BCUT2D eigenvalue weighted by molar-refractivity contribution is -0.128. The molecule has 16 nitrogen and oxygen atoms in total. The molecule has 1 aliphatic rings. The van der Waals surface area contributed by atoms with E-state index in [9.17, 15) is 14.2 Å². The number of carbonyl (C=O) groups is 1. The minimum atomic E-state index is -4.33. The van der Waals surface area contributed by atoms with E-state index in [0.29, 0.717) is 22.7 Å². The highest BCUT2D eigenvalue weighted by Crippen LogP contribution is 2.57. The fraction of sp³-hybridized carbons (Fsp3) is 0.400. The van der Waals surface area contributed by atoms with E-state index in [2.05, 4.69) is 49.4 Å². The lowest BCUT2D eigenvalue weighted by Crippen LogP contribution is -2.31. The van der Waals surface area contributed by atoms with Crippen LogP contribution in [0.2, 0.25) is 5.02 Å². The summed E-state index contributed by atoms with van der Waals surface area (Å²) in [7, 11) is -0.254. The van der Waals surface area contributed by atoms with Crippen molar-refractivity contribution in [3.05, 3.63) is 39.8 Å². The smallest absolute Gasteiger partial charge is 0.387 e. The maximum Gasteiger partial charge on any atom is 0.387 e. The van der Waals surface area contributed by atoms with Crippen LogP contribution in [-0.4, -0.2) is 72.1 Å². The number of thiol groups is 2. The number of alkyl halides is 1. The summed E-state index contributed by atoms with van der Waals surface area (Å²) in [5.74, 6) is 0.0155. The van der Waals surface area contributed by atoms with Gasteiger partial charge < -0.3 is 24.3 Å². The highest BCUT2D eigenvalue weighted by Gasteiger charge is 2.50. The predicted molar refractivity (Wildman–Crippen MR) is 155 cm³/mol. The predicted octanol–water partition coefficient (Wildman–Crippen LogP) is 2.60. The summed E-state index contributed by atoms with van der Waals surface area (Å²) in [6.45, 7) is -4.53. The van der Waals surface area contributed by atoms with E-state index in [1.807, 2.05) is 0 Å². The van der Waals surface area contributed by atoms with E-state index >= 15 is 4.39 Å². The molecule has 2 unspecified atom stereocenters. The number of carbonyl (C=O) groups excluding carboxylic acids is 1. The van der Waals surface area contributed by atoms with Gasteiger partial charge in [-0.1, -0.05) is 23.8 Å². The number of nitrogens with two attached hydrogens (primary N) is 1. The third-order valence-corrected chi connectivity index (χ3v) is 8.53. The second-order valence-electron chi connectivity index (χ2n) is 8.64. The van der Waals surface area contributed by atoms with Gasteiger partial charge in [0.1, 0.15) is 36.8 Å². The maximum absolute atomic E-state index is 15.7. The van der Waals surface area contributed by atoms with Gasteiger partial charge in [-0.05, 0) is 6.07 Å². The van der Waals surface area contributed by atoms with E-state index in [4.69, 9.17) is 40.4 Å². The van der Waals surface area contributed by atoms with Crippen molar-refractivity contribution in [2.75, 3.05) is 18.9 Å². The molecule has 5 heterocycles. The summed E-state index contributed by atoms with van der Waals surface area (Å²) in [4.78, 5) is 41.9. The Bertz CT molecular complexity index is 1710. The average Bonchev–Trinajstić information content (AvgIpc) is 3.60. The van der Waals surface area contributed by atoms with Gasteiger partial charge in [0.2, 0.25) is 5.95 Å². The van der Waals surface area contributed by atoms with Gasteiger partial charge in [0.25, 0.3) is 12.0 Å². The molecule has 42 heavy (non-hydrogen) atoms. The normalized spacial score (nSPS) is 22.4. The van der Waals surface area contributed by atoms with Crippen LogP contribution in [0, 0.1) is 0 Å². The molecule has 0 saturated carbocycles. The molecule has 3 N–H and O–H groups in total. The number of halogens is 2. The molecule has 6 atom stereocenters. The van der Waals surface area contributed by atoms with Crippen molar-refractivity contribution in [2.24, 2.45) is 0 Å². The average molecular weight is 683 g/mol. The molecule has 0 amide bonds. The Kier molecular flexibility index (Phi) is 9.71. The Morgan fingerprint density at radius 2 is 2.14 bits per heavy atom. The number of nitrogens with one attached hydrogen (secondary N) is 1. The molecular formula is C20H22ClFN8O8P2S2. The SMILES string of the molecule is Nc1nc2c(ncn2[C@@H]2O[C@H](COPS)[C@H](F)[C@H]2OP(=O)(S)OCc2nc3cc(Cl)cnc3n2CCOC=O)c(=O)[nH]1. The molecule has 1 saturated heterocycles. The van der Waals surface area contributed by atoms with Gasteiger partial charge in [0, 0.05) is 6.20 Å². The van der Waals surface area contributed by atoms with Crippen LogP contribution in [0.5, 0.6) is 0 Å². The molecule has 1 aliphatic heterocycles. The number of imidazole rings is 2. The number of H-pyrrole nitrogens is 1. The van der Waals surface area contributed by atoms with Gasteiger partial charge in [0.15, 0.2) is 29.2 Å². The largest absolute Gasteiger partial charge is 0.466 e. The molecule has 22 heteroatoms. The number of aromatic amines is 1. The first-order valence-electron chi connectivity index (χ1n) is 11.9.